The lowest BCUT2D eigenvalue weighted by molar-refractivity contribution is -0.118. The lowest BCUT2D eigenvalue weighted by atomic mass is 10.1. The van der Waals surface area contributed by atoms with Crippen molar-refractivity contribution >= 4 is 40.9 Å². The van der Waals surface area contributed by atoms with Crippen LogP contribution in [0.4, 0.5) is 11.5 Å². The van der Waals surface area contributed by atoms with Crippen molar-refractivity contribution < 1.29 is 4.79 Å². The van der Waals surface area contributed by atoms with Crippen LogP contribution in [0.25, 0.3) is 0 Å². The summed E-state index contributed by atoms with van der Waals surface area (Å²) >= 11 is 3.08. The smallest absolute Gasteiger partial charge is 0.230 e. The lowest BCUT2D eigenvalue weighted by Crippen LogP contribution is -2.47. The first-order valence-corrected chi connectivity index (χ1v) is 13.7. The Kier molecular flexibility index (Phi) is 8.34. The molecule has 1 aliphatic rings. The van der Waals surface area contributed by atoms with Gasteiger partial charge in [-0.15, -0.1) is 11.8 Å². The van der Waals surface area contributed by atoms with Gasteiger partial charge in [0.2, 0.25) is 5.91 Å². The van der Waals surface area contributed by atoms with E-state index >= 15 is 0 Å². The first-order chi connectivity index (χ1) is 16.5. The van der Waals surface area contributed by atoms with Crippen LogP contribution in [-0.4, -0.2) is 54.1 Å². The molecule has 8 heteroatoms. The van der Waals surface area contributed by atoms with Crippen LogP contribution in [0.3, 0.4) is 0 Å². The molecule has 0 saturated carbocycles. The van der Waals surface area contributed by atoms with Gasteiger partial charge in [0.05, 0.1) is 5.75 Å². The van der Waals surface area contributed by atoms with Gasteiger partial charge in [0, 0.05) is 49.5 Å². The van der Waals surface area contributed by atoms with E-state index in [0.29, 0.717) is 17.5 Å². The summed E-state index contributed by atoms with van der Waals surface area (Å²) in [5.41, 5.74) is 5.02. The maximum absolute atomic E-state index is 12.3. The van der Waals surface area contributed by atoms with E-state index in [1.165, 1.54) is 33.5 Å². The van der Waals surface area contributed by atoms with Crippen LogP contribution >= 0.6 is 23.5 Å². The van der Waals surface area contributed by atoms with Crippen LogP contribution in [0.15, 0.2) is 64.8 Å². The second-order valence-electron chi connectivity index (χ2n) is 8.37. The molecular formula is C26H31N5OS2. The van der Waals surface area contributed by atoms with E-state index in [4.69, 9.17) is 4.98 Å². The number of anilines is 2. The summed E-state index contributed by atoms with van der Waals surface area (Å²) in [6.07, 6.45) is 3.84. The number of piperazine rings is 1. The second-order valence-corrected chi connectivity index (χ2v) is 10.2. The minimum absolute atomic E-state index is 0.0184. The zero-order chi connectivity index (χ0) is 23.9. The Hall–Kier alpha value is -2.71. The first kappa shape index (κ1) is 24.4. The van der Waals surface area contributed by atoms with Gasteiger partial charge in [-0.2, -0.15) is 0 Å². The van der Waals surface area contributed by atoms with E-state index < -0.39 is 0 Å². The Labute approximate surface area is 210 Å². The molecule has 1 N–H and O–H groups in total. The second kappa shape index (κ2) is 11.6. The van der Waals surface area contributed by atoms with Gasteiger partial charge in [-0.1, -0.05) is 36.0 Å². The maximum Gasteiger partial charge on any atom is 0.230 e. The normalized spacial score (nSPS) is 13.7. The molecule has 2 aromatic carbocycles. The Morgan fingerprint density at radius 1 is 1.00 bits per heavy atom. The Morgan fingerprint density at radius 2 is 1.74 bits per heavy atom. The molecular weight excluding hydrogens is 462 g/mol. The zero-order valence-corrected chi connectivity index (χ0v) is 21.6. The third-order valence-electron chi connectivity index (χ3n) is 5.91. The van der Waals surface area contributed by atoms with Crippen LogP contribution < -0.4 is 15.1 Å². The number of nitrogens with one attached hydrogen (secondary N) is 1. The molecule has 178 valence electrons. The maximum atomic E-state index is 12.3. The molecule has 34 heavy (non-hydrogen) atoms. The van der Waals surface area contributed by atoms with Gasteiger partial charge in [0.25, 0.3) is 0 Å². The molecule has 2 heterocycles. The monoisotopic (exact) mass is 493 g/mol. The molecule has 1 saturated heterocycles. The third kappa shape index (κ3) is 6.45. The van der Waals surface area contributed by atoms with Crippen molar-refractivity contribution in [2.75, 3.05) is 48.0 Å². The number of carbonyl (C=O) groups excluding carboxylic acids is 1. The molecule has 0 spiro atoms. The summed E-state index contributed by atoms with van der Waals surface area (Å²) in [5.74, 6) is 1.20. The lowest BCUT2D eigenvalue weighted by Gasteiger charge is -2.37. The topological polar surface area (TPSA) is 61.4 Å². The average molecular weight is 494 g/mol. The highest BCUT2D eigenvalue weighted by Crippen LogP contribution is 2.25. The highest BCUT2D eigenvalue weighted by Gasteiger charge is 2.20. The number of amides is 1. The van der Waals surface area contributed by atoms with Gasteiger partial charge in [0.1, 0.15) is 5.82 Å². The van der Waals surface area contributed by atoms with Crippen molar-refractivity contribution in [1.29, 1.82) is 0 Å². The first-order valence-electron chi connectivity index (χ1n) is 11.4. The molecule has 0 bridgehead atoms. The summed E-state index contributed by atoms with van der Waals surface area (Å²) in [5, 5.41) is 3.61. The van der Waals surface area contributed by atoms with Crippen LogP contribution in [0.5, 0.6) is 0 Å². The summed E-state index contributed by atoms with van der Waals surface area (Å²) in [7, 11) is 0. The Bertz CT molecular complexity index is 1110. The van der Waals surface area contributed by atoms with Gasteiger partial charge < -0.3 is 15.1 Å². The average Bonchev–Trinajstić information content (AvgIpc) is 2.88. The van der Waals surface area contributed by atoms with E-state index in [1.54, 1.807) is 18.0 Å². The molecule has 0 radical (unpaired) electrons. The molecule has 1 fully saturated rings. The van der Waals surface area contributed by atoms with E-state index in [2.05, 4.69) is 70.5 Å². The number of hydrogen-bond acceptors (Lipinski definition) is 7. The number of aromatic nitrogens is 2. The molecule has 4 rings (SSSR count). The summed E-state index contributed by atoms with van der Waals surface area (Å²) in [4.78, 5) is 27.4. The van der Waals surface area contributed by atoms with Crippen molar-refractivity contribution in [2.24, 2.45) is 0 Å². The van der Waals surface area contributed by atoms with Gasteiger partial charge in [-0.25, -0.2) is 9.97 Å². The van der Waals surface area contributed by atoms with Crippen LogP contribution in [0, 0.1) is 13.8 Å². The van der Waals surface area contributed by atoms with E-state index in [1.807, 2.05) is 18.2 Å². The zero-order valence-electron chi connectivity index (χ0n) is 20.0. The SMILES string of the molecule is CSc1ccc(CNC(=O)CSc2nccc(N3CCN(c4cc(C)ccc4C)CC3)n2)cc1. The van der Waals surface area contributed by atoms with Crippen molar-refractivity contribution in [3.05, 3.63) is 71.4 Å². The number of nitrogens with zero attached hydrogens (tertiary/aromatic N) is 4. The molecule has 3 aromatic rings. The quantitative estimate of drug-likeness (QED) is 0.365. The Morgan fingerprint density at radius 3 is 2.47 bits per heavy atom. The van der Waals surface area contributed by atoms with Crippen molar-refractivity contribution in [3.8, 4) is 0 Å². The fourth-order valence-corrected chi connectivity index (χ4v) is 5.00. The molecule has 0 unspecified atom stereocenters. The number of thioether (sulfide) groups is 2. The van der Waals surface area contributed by atoms with Crippen molar-refractivity contribution in [3.63, 3.8) is 0 Å². The van der Waals surface area contributed by atoms with Crippen molar-refractivity contribution in [2.45, 2.75) is 30.4 Å². The number of benzene rings is 2. The minimum Gasteiger partial charge on any atom is -0.368 e. The van der Waals surface area contributed by atoms with E-state index in [-0.39, 0.29) is 5.91 Å². The summed E-state index contributed by atoms with van der Waals surface area (Å²) < 4.78 is 0. The molecule has 0 atom stereocenters. The standard InChI is InChI=1S/C26H31N5OS2/c1-19-4-5-20(2)23(16-19)30-12-14-31(15-13-30)24-10-11-27-26(29-24)34-18-25(32)28-17-21-6-8-22(33-3)9-7-21/h4-11,16H,12-15,17-18H2,1-3H3,(H,28,32). The fraction of sp³-hybridized carbons (Fsp3) is 0.346. The summed E-state index contributed by atoms with van der Waals surface area (Å²) in [6.45, 7) is 8.57. The molecule has 6 nitrogen and oxygen atoms in total. The molecule has 0 aliphatic carbocycles. The number of hydrogen-bond donors (Lipinski definition) is 1. The van der Waals surface area contributed by atoms with Crippen LogP contribution in [0.2, 0.25) is 0 Å². The van der Waals surface area contributed by atoms with Gasteiger partial charge in [-0.05, 0) is 61.1 Å². The van der Waals surface area contributed by atoms with Crippen LogP contribution in [-0.2, 0) is 11.3 Å². The summed E-state index contributed by atoms with van der Waals surface area (Å²) in [6, 6.07) is 16.8. The molecule has 1 aliphatic heterocycles. The van der Waals surface area contributed by atoms with E-state index in [9.17, 15) is 4.79 Å². The number of aryl methyl sites for hydroxylation is 2. The predicted molar refractivity (Wildman–Crippen MR) is 143 cm³/mol. The molecule has 1 aromatic heterocycles. The fourth-order valence-electron chi connectivity index (χ4n) is 3.94. The van der Waals surface area contributed by atoms with Crippen molar-refractivity contribution in [1.82, 2.24) is 15.3 Å². The minimum atomic E-state index is -0.0184. The van der Waals surface area contributed by atoms with E-state index in [0.717, 1.165) is 37.6 Å². The van der Waals surface area contributed by atoms with Gasteiger partial charge in [0.15, 0.2) is 5.16 Å². The largest absolute Gasteiger partial charge is 0.368 e. The highest BCUT2D eigenvalue weighted by molar-refractivity contribution is 7.99. The Balaban J connectivity index is 1.26. The molecule has 1 amide bonds. The van der Waals surface area contributed by atoms with Gasteiger partial charge in [-0.3, -0.25) is 4.79 Å². The number of rotatable bonds is 8. The highest BCUT2D eigenvalue weighted by atomic mass is 32.2. The van der Waals surface area contributed by atoms with Gasteiger partial charge >= 0.3 is 0 Å². The third-order valence-corrected chi connectivity index (χ3v) is 7.51. The predicted octanol–water partition coefficient (Wildman–Crippen LogP) is 4.55. The van der Waals surface area contributed by atoms with Crippen LogP contribution in [0.1, 0.15) is 16.7 Å². The number of carbonyl (C=O) groups is 1.